The average Bonchev–Trinajstić information content (AvgIpc) is 2.63. The van der Waals surface area contributed by atoms with Gasteiger partial charge in [-0.2, -0.15) is 0 Å². The Balaban J connectivity index is 2.84. The van der Waals surface area contributed by atoms with Crippen LogP contribution in [0.1, 0.15) is 0 Å². The third kappa shape index (κ3) is 10.8. The minimum Gasteiger partial charge on any atom is -0.480 e. The predicted octanol–water partition coefficient (Wildman–Crippen LogP) is -2.36. The van der Waals surface area contributed by atoms with Gasteiger partial charge in [-0.25, -0.2) is 0 Å². The van der Waals surface area contributed by atoms with Crippen molar-refractivity contribution in [3.8, 4) is 0 Å². The van der Waals surface area contributed by atoms with Crippen molar-refractivity contribution in [3.63, 3.8) is 0 Å². The van der Waals surface area contributed by atoms with E-state index in [2.05, 4.69) is 0 Å². The molecule has 1 rings (SSSR count). The minimum absolute atomic E-state index is 0.0674. The lowest BCUT2D eigenvalue weighted by Crippen LogP contribution is -2.48. The molecule has 0 saturated carbocycles. The quantitative estimate of drug-likeness (QED) is 0.376. The van der Waals surface area contributed by atoms with E-state index in [0.717, 1.165) is 0 Å². The van der Waals surface area contributed by atoms with E-state index in [-0.39, 0.29) is 26.6 Å². The van der Waals surface area contributed by atoms with E-state index in [0.29, 0.717) is 65.3 Å². The van der Waals surface area contributed by atoms with E-state index in [1.165, 1.54) is 0 Å². The largest absolute Gasteiger partial charge is 0.480 e. The number of hydrogen-bond donors (Lipinski definition) is 2. The average molecular weight is 404 g/mol. The lowest BCUT2D eigenvalue weighted by Gasteiger charge is -2.32. The molecule has 0 unspecified atom stereocenters. The number of carbonyl (C=O) groups is 4. The Labute approximate surface area is 163 Å². The second kappa shape index (κ2) is 13.8. The molecule has 1 saturated heterocycles. The van der Waals surface area contributed by atoms with Crippen LogP contribution in [0.15, 0.2) is 0 Å². The number of rotatable bonds is 10. The highest BCUT2D eigenvalue weighted by atomic mass is 16.5. The molecule has 0 atom stereocenters. The molecule has 0 aliphatic carbocycles. The molecule has 1 fully saturated rings. The van der Waals surface area contributed by atoms with Gasteiger partial charge in [0.05, 0.1) is 13.1 Å². The number of carboxylic acid groups (broad SMARTS) is 2. The van der Waals surface area contributed by atoms with Gasteiger partial charge in [0.25, 0.3) is 12.9 Å². The summed E-state index contributed by atoms with van der Waals surface area (Å²) in [5.74, 6) is -1.94. The van der Waals surface area contributed by atoms with Gasteiger partial charge in [-0.3, -0.25) is 38.8 Å². The Kier molecular flexibility index (Phi) is 11.7. The van der Waals surface area contributed by atoms with Gasteiger partial charge in [0.2, 0.25) is 0 Å². The smallest absolute Gasteiger partial charge is 0.317 e. The first-order chi connectivity index (χ1) is 13.4. The normalized spacial score (nSPS) is 19.1. The minimum atomic E-state index is -0.968. The molecule has 12 heteroatoms. The maximum Gasteiger partial charge on any atom is 0.317 e. The summed E-state index contributed by atoms with van der Waals surface area (Å²) in [6.45, 7) is 4.02. The standard InChI is InChI=1S/C16H28N4O8/c21-13-27-11-19-5-3-17(9-15(23)24)1-2-18(10-16(25)26)4-6-20(8-7-19)12-28-14-22/h13-14H,1-12H2,(H,23,24)(H,25,26). The Morgan fingerprint density at radius 1 is 0.643 bits per heavy atom. The first-order valence-electron chi connectivity index (χ1n) is 8.88. The van der Waals surface area contributed by atoms with Crippen LogP contribution in [0.3, 0.4) is 0 Å². The van der Waals surface area contributed by atoms with Crippen molar-refractivity contribution in [3.05, 3.63) is 0 Å². The molecule has 1 heterocycles. The summed E-state index contributed by atoms with van der Waals surface area (Å²) >= 11 is 0. The molecule has 160 valence electrons. The highest BCUT2D eigenvalue weighted by Crippen LogP contribution is 2.01. The Morgan fingerprint density at radius 3 is 1.18 bits per heavy atom. The van der Waals surface area contributed by atoms with E-state index < -0.39 is 11.9 Å². The molecule has 2 N–H and O–H groups in total. The van der Waals surface area contributed by atoms with Crippen molar-refractivity contribution in [1.82, 2.24) is 19.6 Å². The van der Waals surface area contributed by atoms with Gasteiger partial charge in [-0.05, 0) is 0 Å². The highest BCUT2D eigenvalue weighted by Gasteiger charge is 2.19. The van der Waals surface area contributed by atoms with Crippen molar-refractivity contribution < 1.29 is 38.9 Å². The van der Waals surface area contributed by atoms with Crippen molar-refractivity contribution in [2.24, 2.45) is 0 Å². The van der Waals surface area contributed by atoms with Gasteiger partial charge < -0.3 is 19.7 Å². The van der Waals surface area contributed by atoms with E-state index in [4.69, 9.17) is 19.7 Å². The number of aliphatic carboxylic acids is 2. The molecular formula is C16H28N4O8. The monoisotopic (exact) mass is 404 g/mol. The zero-order valence-corrected chi connectivity index (χ0v) is 15.8. The first-order valence-corrected chi connectivity index (χ1v) is 8.88. The third-order valence-corrected chi connectivity index (χ3v) is 4.30. The van der Waals surface area contributed by atoms with Crippen molar-refractivity contribution >= 4 is 24.9 Å². The Hall–Kier alpha value is -2.28. The van der Waals surface area contributed by atoms with Crippen LogP contribution in [0.4, 0.5) is 0 Å². The van der Waals surface area contributed by atoms with Crippen LogP contribution < -0.4 is 0 Å². The fraction of sp³-hybridized carbons (Fsp3) is 0.750. The molecule has 0 radical (unpaired) electrons. The molecule has 28 heavy (non-hydrogen) atoms. The van der Waals surface area contributed by atoms with Gasteiger partial charge in [0, 0.05) is 52.4 Å². The summed E-state index contributed by atoms with van der Waals surface area (Å²) in [6, 6.07) is 0. The molecule has 1 aliphatic rings. The van der Waals surface area contributed by atoms with Crippen molar-refractivity contribution in [2.75, 3.05) is 78.9 Å². The molecule has 1 aliphatic heterocycles. The summed E-state index contributed by atoms with van der Waals surface area (Å²) in [5.41, 5.74) is 0. The van der Waals surface area contributed by atoms with Crippen LogP contribution in [-0.4, -0.2) is 134 Å². The van der Waals surface area contributed by atoms with Gasteiger partial charge >= 0.3 is 11.9 Å². The highest BCUT2D eigenvalue weighted by molar-refractivity contribution is 5.69. The van der Waals surface area contributed by atoms with Gasteiger partial charge in [0.15, 0.2) is 0 Å². The van der Waals surface area contributed by atoms with E-state index >= 15 is 0 Å². The number of nitrogens with zero attached hydrogens (tertiary/aromatic N) is 4. The second-order valence-corrected chi connectivity index (χ2v) is 6.36. The zero-order valence-electron chi connectivity index (χ0n) is 15.8. The molecule has 0 bridgehead atoms. The molecule has 0 aromatic carbocycles. The summed E-state index contributed by atoms with van der Waals surface area (Å²) < 4.78 is 9.64. The summed E-state index contributed by atoms with van der Waals surface area (Å²) in [4.78, 5) is 50.4. The fourth-order valence-electron chi connectivity index (χ4n) is 2.81. The number of carbonyl (C=O) groups excluding carboxylic acids is 2. The number of hydrogen-bond acceptors (Lipinski definition) is 10. The van der Waals surface area contributed by atoms with Crippen molar-refractivity contribution in [1.29, 1.82) is 0 Å². The predicted molar refractivity (Wildman–Crippen MR) is 95.3 cm³/mol. The molecular weight excluding hydrogens is 376 g/mol. The summed E-state index contributed by atoms with van der Waals surface area (Å²) in [6.07, 6.45) is 0. The second-order valence-electron chi connectivity index (χ2n) is 6.36. The topological polar surface area (TPSA) is 140 Å². The van der Waals surface area contributed by atoms with E-state index in [1.54, 1.807) is 9.80 Å². The lowest BCUT2D eigenvalue weighted by molar-refractivity contribution is -0.140. The van der Waals surface area contributed by atoms with Gasteiger partial charge in [-0.1, -0.05) is 0 Å². The Bertz CT molecular complexity index is 463. The molecule has 0 spiro atoms. The SMILES string of the molecule is O=COCN1CCN(COC=O)CCN(CC(=O)O)CCN(CC(=O)O)CC1. The van der Waals surface area contributed by atoms with Crippen LogP contribution in [0.2, 0.25) is 0 Å². The maximum atomic E-state index is 11.1. The van der Waals surface area contributed by atoms with E-state index in [9.17, 15) is 19.2 Å². The van der Waals surface area contributed by atoms with Crippen LogP contribution in [0, 0.1) is 0 Å². The van der Waals surface area contributed by atoms with Crippen LogP contribution in [0.25, 0.3) is 0 Å². The fourth-order valence-corrected chi connectivity index (χ4v) is 2.81. The molecule has 0 amide bonds. The summed E-state index contributed by atoms with van der Waals surface area (Å²) in [7, 11) is 0. The van der Waals surface area contributed by atoms with Gasteiger partial charge in [-0.15, -0.1) is 0 Å². The van der Waals surface area contributed by atoms with Crippen molar-refractivity contribution in [2.45, 2.75) is 0 Å². The van der Waals surface area contributed by atoms with Gasteiger partial charge in [0.1, 0.15) is 13.5 Å². The first kappa shape index (κ1) is 23.8. The number of carboxylic acids is 2. The third-order valence-electron chi connectivity index (χ3n) is 4.30. The maximum absolute atomic E-state index is 11.1. The zero-order chi connectivity index (χ0) is 20.8. The lowest BCUT2D eigenvalue weighted by atomic mass is 10.3. The van der Waals surface area contributed by atoms with Crippen LogP contribution in [0.5, 0.6) is 0 Å². The molecule has 0 aromatic rings. The molecule has 0 aromatic heterocycles. The molecule has 12 nitrogen and oxygen atoms in total. The van der Waals surface area contributed by atoms with Crippen LogP contribution >= 0.6 is 0 Å². The van der Waals surface area contributed by atoms with Crippen LogP contribution in [-0.2, 0) is 28.7 Å². The number of ether oxygens (including phenoxy) is 2. The Morgan fingerprint density at radius 2 is 0.929 bits per heavy atom. The summed E-state index contributed by atoms with van der Waals surface area (Å²) in [5, 5.41) is 18.2. The van der Waals surface area contributed by atoms with E-state index in [1.807, 2.05) is 9.80 Å².